The van der Waals surface area contributed by atoms with Crippen LogP contribution in [0.4, 0.5) is 0 Å². The first kappa shape index (κ1) is 12.0. The van der Waals surface area contributed by atoms with Gasteiger partial charge in [-0.2, -0.15) is 4.98 Å². The van der Waals surface area contributed by atoms with Crippen molar-refractivity contribution in [3.63, 3.8) is 0 Å². The number of nitrogens with zero attached hydrogens (tertiary/aromatic N) is 3. The number of carbonyl (C=O) groups excluding carboxylic acids is 1. The van der Waals surface area contributed by atoms with Crippen molar-refractivity contribution in [3.05, 3.63) is 35.7 Å². The Balaban J connectivity index is 1.97. The molecular weight excluding hydrogens is 236 g/mol. The molecule has 1 N–H and O–H groups in total. The zero-order chi connectivity index (χ0) is 13.0. The molecule has 0 saturated carbocycles. The maximum Gasteiger partial charge on any atom is 0.293 e. The van der Waals surface area contributed by atoms with Crippen molar-refractivity contribution in [3.8, 4) is 5.75 Å². The van der Waals surface area contributed by atoms with Crippen LogP contribution in [0.25, 0.3) is 0 Å². The van der Waals surface area contributed by atoms with Gasteiger partial charge >= 0.3 is 0 Å². The lowest BCUT2D eigenvalue weighted by molar-refractivity contribution is 0.0937. The number of methoxy groups -OCH3 is 1. The van der Waals surface area contributed by atoms with E-state index in [4.69, 9.17) is 9.26 Å². The van der Waals surface area contributed by atoms with E-state index in [1.807, 2.05) is 0 Å². The van der Waals surface area contributed by atoms with Crippen molar-refractivity contribution in [1.29, 1.82) is 0 Å². The van der Waals surface area contributed by atoms with Crippen LogP contribution in [0.3, 0.4) is 0 Å². The first-order valence-corrected chi connectivity index (χ1v) is 5.26. The van der Waals surface area contributed by atoms with Crippen molar-refractivity contribution >= 4 is 5.91 Å². The average molecular weight is 248 g/mol. The summed E-state index contributed by atoms with van der Waals surface area (Å²) < 4.78 is 9.77. The second-order valence-corrected chi connectivity index (χ2v) is 3.51. The summed E-state index contributed by atoms with van der Waals surface area (Å²) in [5.41, 5.74) is 0.683. The van der Waals surface area contributed by atoms with E-state index in [1.54, 1.807) is 32.4 Å². The lowest BCUT2D eigenvalue weighted by atomic mass is 10.3. The maximum absolute atomic E-state index is 11.6. The Morgan fingerprint density at radius 2 is 2.39 bits per heavy atom. The molecule has 2 heterocycles. The number of rotatable bonds is 4. The Morgan fingerprint density at radius 3 is 3.06 bits per heavy atom. The highest BCUT2D eigenvalue weighted by molar-refractivity contribution is 5.90. The number of amides is 1. The third-order valence-corrected chi connectivity index (χ3v) is 2.18. The van der Waals surface area contributed by atoms with Gasteiger partial charge in [0, 0.05) is 19.2 Å². The number of carbonyl (C=O) groups is 1. The molecule has 0 saturated heterocycles. The van der Waals surface area contributed by atoms with Gasteiger partial charge < -0.3 is 14.6 Å². The molecule has 2 aromatic heterocycles. The molecule has 0 fully saturated rings. The largest absolute Gasteiger partial charge is 0.497 e. The van der Waals surface area contributed by atoms with Crippen LogP contribution in [0.5, 0.6) is 5.75 Å². The van der Waals surface area contributed by atoms with Gasteiger partial charge in [-0.05, 0) is 6.07 Å². The zero-order valence-corrected chi connectivity index (χ0v) is 10.0. The number of aromatic nitrogens is 3. The predicted octanol–water partition coefficient (Wildman–Crippen LogP) is 0.712. The average Bonchev–Trinajstić information content (AvgIpc) is 2.83. The Morgan fingerprint density at radius 1 is 1.56 bits per heavy atom. The molecule has 0 bridgehead atoms. The summed E-state index contributed by atoms with van der Waals surface area (Å²) in [5, 5.41) is 6.16. The van der Waals surface area contributed by atoms with Crippen LogP contribution >= 0.6 is 0 Å². The second kappa shape index (κ2) is 5.26. The normalized spacial score (nSPS) is 10.1. The second-order valence-electron chi connectivity index (χ2n) is 3.51. The molecule has 0 aliphatic carbocycles. The number of hydrogen-bond acceptors (Lipinski definition) is 6. The summed E-state index contributed by atoms with van der Waals surface area (Å²) in [4.78, 5) is 19.6. The van der Waals surface area contributed by atoms with Crippen LogP contribution in [0.1, 0.15) is 22.2 Å². The van der Waals surface area contributed by atoms with Crippen molar-refractivity contribution in [1.82, 2.24) is 20.4 Å². The zero-order valence-electron chi connectivity index (χ0n) is 10.0. The summed E-state index contributed by atoms with van der Waals surface area (Å²) in [5.74, 6) is 0.635. The van der Waals surface area contributed by atoms with E-state index in [-0.39, 0.29) is 12.4 Å². The van der Waals surface area contributed by atoms with Crippen LogP contribution in [0.2, 0.25) is 0 Å². The van der Waals surface area contributed by atoms with Gasteiger partial charge in [0.1, 0.15) is 5.75 Å². The van der Waals surface area contributed by atoms with Crippen LogP contribution < -0.4 is 10.1 Å². The molecule has 0 aliphatic heterocycles. The van der Waals surface area contributed by atoms with Crippen LogP contribution in [-0.2, 0) is 6.54 Å². The molecule has 0 aromatic carbocycles. The van der Waals surface area contributed by atoms with Crippen molar-refractivity contribution in [2.45, 2.75) is 13.5 Å². The molecule has 18 heavy (non-hydrogen) atoms. The smallest absolute Gasteiger partial charge is 0.293 e. The van der Waals surface area contributed by atoms with E-state index >= 15 is 0 Å². The topological polar surface area (TPSA) is 90.1 Å². The Labute approximate surface area is 103 Å². The number of nitrogens with one attached hydrogen (secondary N) is 1. The van der Waals surface area contributed by atoms with Crippen LogP contribution in [0.15, 0.2) is 22.9 Å². The van der Waals surface area contributed by atoms with E-state index in [1.165, 1.54) is 0 Å². The standard InChI is InChI=1S/C11H12N4O3/c1-7-14-10(15-18-7)11(16)13-6-8-5-9(17-2)3-4-12-8/h3-5H,6H2,1-2H3,(H,13,16). The quantitative estimate of drug-likeness (QED) is 0.857. The fraction of sp³-hybridized carbons (Fsp3) is 0.273. The fourth-order valence-electron chi connectivity index (χ4n) is 1.32. The van der Waals surface area contributed by atoms with Gasteiger partial charge in [0.2, 0.25) is 5.89 Å². The molecule has 0 aliphatic rings. The first-order chi connectivity index (χ1) is 8.69. The monoisotopic (exact) mass is 248 g/mol. The minimum absolute atomic E-state index is 0.00963. The predicted molar refractivity (Wildman–Crippen MR) is 61.0 cm³/mol. The molecule has 0 unspecified atom stereocenters. The Kier molecular flexibility index (Phi) is 3.52. The van der Waals surface area contributed by atoms with Crippen LogP contribution in [-0.4, -0.2) is 28.1 Å². The van der Waals surface area contributed by atoms with Gasteiger partial charge in [-0.1, -0.05) is 5.16 Å². The summed E-state index contributed by atoms with van der Waals surface area (Å²) in [6.45, 7) is 1.89. The highest BCUT2D eigenvalue weighted by atomic mass is 16.5. The summed E-state index contributed by atoms with van der Waals surface area (Å²) in [6, 6.07) is 3.47. The molecule has 0 radical (unpaired) electrons. The summed E-state index contributed by atoms with van der Waals surface area (Å²) in [7, 11) is 1.57. The third kappa shape index (κ3) is 2.82. The highest BCUT2D eigenvalue weighted by Gasteiger charge is 2.12. The summed E-state index contributed by atoms with van der Waals surface area (Å²) >= 11 is 0. The molecular formula is C11H12N4O3. The molecule has 0 spiro atoms. The Hall–Kier alpha value is -2.44. The number of hydrogen-bond donors (Lipinski definition) is 1. The van der Waals surface area contributed by atoms with Gasteiger partial charge in [0.25, 0.3) is 11.7 Å². The molecule has 2 aromatic rings. The SMILES string of the molecule is COc1ccnc(CNC(=O)c2noc(C)n2)c1. The van der Waals surface area contributed by atoms with E-state index < -0.39 is 5.91 Å². The lowest BCUT2D eigenvalue weighted by Gasteiger charge is -2.04. The maximum atomic E-state index is 11.6. The minimum atomic E-state index is -0.406. The molecule has 0 atom stereocenters. The van der Waals surface area contributed by atoms with E-state index in [0.717, 1.165) is 0 Å². The fourth-order valence-corrected chi connectivity index (χ4v) is 1.32. The van der Waals surface area contributed by atoms with E-state index in [0.29, 0.717) is 17.3 Å². The summed E-state index contributed by atoms with van der Waals surface area (Å²) in [6.07, 6.45) is 1.61. The van der Waals surface area contributed by atoms with Gasteiger partial charge in [-0.25, -0.2) is 0 Å². The molecule has 94 valence electrons. The van der Waals surface area contributed by atoms with Gasteiger partial charge in [-0.3, -0.25) is 9.78 Å². The minimum Gasteiger partial charge on any atom is -0.497 e. The van der Waals surface area contributed by atoms with E-state index in [9.17, 15) is 4.79 Å². The van der Waals surface area contributed by atoms with Gasteiger partial charge in [0.15, 0.2) is 0 Å². The lowest BCUT2D eigenvalue weighted by Crippen LogP contribution is -2.24. The molecule has 2 rings (SSSR count). The number of pyridine rings is 1. The van der Waals surface area contributed by atoms with E-state index in [2.05, 4.69) is 20.4 Å². The van der Waals surface area contributed by atoms with Crippen molar-refractivity contribution in [2.24, 2.45) is 0 Å². The molecule has 7 heteroatoms. The van der Waals surface area contributed by atoms with Crippen molar-refractivity contribution < 1.29 is 14.1 Å². The van der Waals surface area contributed by atoms with Crippen LogP contribution in [0, 0.1) is 6.92 Å². The Bertz CT molecular complexity index is 553. The van der Waals surface area contributed by atoms with Gasteiger partial charge in [-0.15, -0.1) is 0 Å². The molecule has 1 amide bonds. The molecule has 7 nitrogen and oxygen atoms in total. The van der Waals surface area contributed by atoms with Crippen molar-refractivity contribution in [2.75, 3.05) is 7.11 Å². The highest BCUT2D eigenvalue weighted by Crippen LogP contribution is 2.09. The first-order valence-electron chi connectivity index (χ1n) is 5.26. The van der Waals surface area contributed by atoms with Gasteiger partial charge in [0.05, 0.1) is 19.3 Å². The third-order valence-electron chi connectivity index (χ3n) is 2.18. The number of aryl methyl sites for hydroxylation is 1. The number of ether oxygens (including phenoxy) is 1.